The van der Waals surface area contributed by atoms with E-state index in [9.17, 15) is 26.7 Å². The predicted octanol–water partition coefficient (Wildman–Crippen LogP) is 4.06. The van der Waals surface area contributed by atoms with Crippen LogP contribution in [0.3, 0.4) is 0 Å². The van der Waals surface area contributed by atoms with E-state index in [2.05, 4.69) is 9.62 Å². The van der Waals surface area contributed by atoms with Gasteiger partial charge in [-0.2, -0.15) is 13.2 Å². The van der Waals surface area contributed by atoms with Crippen LogP contribution in [0, 0.1) is 5.92 Å². The quantitative estimate of drug-likeness (QED) is 0.678. The maximum atomic E-state index is 13.3. The van der Waals surface area contributed by atoms with Crippen molar-refractivity contribution in [2.24, 2.45) is 5.92 Å². The summed E-state index contributed by atoms with van der Waals surface area (Å²) in [4.78, 5) is 1.95. The van der Waals surface area contributed by atoms with E-state index in [4.69, 9.17) is 0 Å². The van der Waals surface area contributed by atoms with Crippen molar-refractivity contribution in [1.29, 1.82) is 0 Å². The van der Waals surface area contributed by atoms with Gasteiger partial charge in [0.1, 0.15) is 5.75 Å². The summed E-state index contributed by atoms with van der Waals surface area (Å²) in [6.45, 7) is 3.70. The van der Waals surface area contributed by atoms with Crippen LogP contribution in [0.4, 0.5) is 13.2 Å². The molecule has 3 atom stereocenters. The number of hydrogen-bond donors (Lipinski definition) is 2. The zero-order valence-electron chi connectivity index (χ0n) is 18.3. The van der Waals surface area contributed by atoms with Crippen molar-refractivity contribution in [3.8, 4) is 5.75 Å². The highest BCUT2D eigenvalue weighted by molar-refractivity contribution is 7.89. The normalized spacial score (nSPS) is 27.9. The Hall–Kier alpha value is -2.10. The van der Waals surface area contributed by atoms with E-state index in [-0.39, 0.29) is 11.8 Å². The smallest absolute Gasteiger partial charge is 0.416 e. The number of aromatic hydroxyl groups is 1. The number of hydrogen-bond acceptors (Lipinski definition) is 4. The van der Waals surface area contributed by atoms with E-state index in [1.807, 2.05) is 13.0 Å². The number of piperidine rings is 1. The van der Waals surface area contributed by atoms with Crippen molar-refractivity contribution in [1.82, 2.24) is 9.62 Å². The monoisotopic (exact) mass is 480 g/mol. The first-order valence-electron chi connectivity index (χ1n) is 11.2. The average Bonchev–Trinajstić information content (AvgIpc) is 3.56. The average molecular weight is 481 g/mol. The van der Waals surface area contributed by atoms with Crippen molar-refractivity contribution in [3.63, 3.8) is 0 Å². The molecule has 0 amide bonds. The topological polar surface area (TPSA) is 69.6 Å². The van der Waals surface area contributed by atoms with Crippen LogP contribution in [-0.2, 0) is 28.0 Å². The van der Waals surface area contributed by atoms with Gasteiger partial charge in [0.15, 0.2) is 0 Å². The molecule has 2 aromatic rings. The number of fused-ring (bicyclic) bond motifs is 4. The summed E-state index contributed by atoms with van der Waals surface area (Å²) in [6, 6.07) is 8.48. The lowest BCUT2D eigenvalue weighted by atomic mass is 9.62. The number of phenolic OH excluding ortho intramolecular Hbond substituents is 1. The summed E-state index contributed by atoms with van der Waals surface area (Å²) >= 11 is 0. The second-order valence-corrected chi connectivity index (χ2v) is 11.6. The SMILES string of the molecule is C[C@]12CCN(CC3CC3)[C@H](Cc3ccc(O)cc31)[C@@H]2NS(=O)(=O)c1cccc(C(F)(F)F)c1. The number of alkyl halides is 3. The molecule has 2 N–H and O–H groups in total. The Morgan fingerprint density at radius 2 is 1.94 bits per heavy atom. The van der Waals surface area contributed by atoms with Crippen LogP contribution in [0.15, 0.2) is 47.4 Å². The van der Waals surface area contributed by atoms with Crippen molar-refractivity contribution in [2.45, 2.75) is 61.2 Å². The number of rotatable bonds is 5. The molecule has 0 unspecified atom stereocenters. The van der Waals surface area contributed by atoms with Gasteiger partial charge in [-0.25, -0.2) is 13.1 Å². The Labute approximate surface area is 191 Å². The molecule has 0 spiro atoms. The highest BCUT2D eigenvalue weighted by atomic mass is 32.2. The van der Waals surface area contributed by atoms with Gasteiger partial charge in [-0.3, -0.25) is 4.90 Å². The van der Waals surface area contributed by atoms with Gasteiger partial charge in [-0.05, 0) is 79.6 Å². The van der Waals surface area contributed by atoms with Gasteiger partial charge >= 0.3 is 6.18 Å². The molecule has 1 heterocycles. The minimum absolute atomic E-state index is 0.109. The molecule has 2 fully saturated rings. The summed E-state index contributed by atoms with van der Waals surface area (Å²) in [5.41, 5.74) is 0.397. The van der Waals surface area contributed by atoms with Crippen molar-refractivity contribution in [3.05, 3.63) is 59.2 Å². The van der Waals surface area contributed by atoms with Crippen LogP contribution in [0.2, 0.25) is 0 Å². The molecule has 3 aliphatic rings. The molecule has 2 aromatic carbocycles. The Bertz CT molecular complexity index is 1180. The maximum Gasteiger partial charge on any atom is 0.416 e. The number of nitrogens with zero attached hydrogens (tertiary/aromatic N) is 1. The van der Waals surface area contributed by atoms with Crippen LogP contribution in [0.5, 0.6) is 5.75 Å². The Morgan fingerprint density at radius 1 is 1.18 bits per heavy atom. The van der Waals surface area contributed by atoms with Gasteiger partial charge in [0.2, 0.25) is 10.0 Å². The molecule has 178 valence electrons. The number of halogens is 3. The lowest BCUT2D eigenvalue weighted by molar-refractivity contribution is -0.137. The Balaban J connectivity index is 1.54. The summed E-state index contributed by atoms with van der Waals surface area (Å²) in [5, 5.41) is 10.1. The van der Waals surface area contributed by atoms with Gasteiger partial charge in [-0.15, -0.1) is 0 Å². The van der Waals surface area contributed by atoms with Crippen LogP contribution in [0.25, 0.3) is 0 Å². The number of nitrogens with one attached hydrogen (secondary N) is 1. The number of likely N-dealkylation sites (tertiary alicyclic amines) is 1. The fourth-order valence-electron chi connectivity index (χ4n) is 5.52. The summed E-state index contributed by atoms with van der Waals surface area (Å²) in [7, 11) is -4.21. The lowest BCUT2D eigenvalue weighted by Gasteiger charge is -2.55. The van der Waals surface area contributed by atoms with Crippen LogP contribution < -0.4 is 4.72 Å². The molecule has 0 radical (unpaired) electrons. The highest BCUT2D eigenvalue weighted by Crippen LogP contribution is 2.47. The zero-order chi connectivity index (χ0) is 23.6. The van der Waals surface area contributed by atoms with Gasteiger partial charge < -0.3 is 5.11 Å². The van der Waals surface area contributed by atoms with E-state index < -0.39 is 38.1 Å². The van der Waals surface area contributed by atoms with E-state index >= 15 is 0 Å². The minimum atomic E-state index is -4.63. The molecule has 1 saturated heterocycles. The van der Waals surface area contributed by atoms with Crippen LogP contribution in [-0.4, -0.2) is 43.6 Å². The van der Waals surface area contributed by atoms with Crippen molar-refractivity contribution < 1.29 is 26.7 Å². The third kappa shape index (κ3) is 4.15. The van der Waals surface area contributed by atoms with Crippen LogP contribution >= 0.6 is 0 Å². The van der Waals surface area contributed by atoms with E-state index in [0.717, 1.165) is 36.3 Å². The molecular weight excluding hydrogens is 453 g/mol. The fourth-order valence-corrected chi connectivity index (χ4v) is 6.95. The third-order valence-corrected chi connectivity index (χ3v) is 8.98. The number of benzene rings is 2. The predicted molar refractivity (Wildman–Crippen MR) is 117 cm³/mol. The molecule has 5 nitrogen and oxygen atoms in total. The Morgan fingerprint density at radius 3 is 2.64 bits per heavy atom. The van der Waals surface area contributed by atoms with Gasteiger partial charge in [-0.1, -0.05) is 19.1 Å². The lowest BCUT2D eigenvalue weighted by Crippen LogP contribution is -2.67. The molecule has 2 aliphatic carbocycles. The first-order chi connectivity index (χ1) is 15.5. The summed E-state index contributed by atoms with van der Waals surface area (Å²) in [5.74, 6) is 0.740. The number of sulfonamides is 1. The van der Waals surface area contributed by atoms with Gasteiger partial charge in [0.25, 0.3) is 0 Å². The fraction of sp³-hybridized carbons (Fsp3) is 0.500. The van der Waals surface area contributed by atoms with Crippen molar-refractivity contribution >= 4 is 10.0 Å². The Kier molecular flexibility index (Phi) is 5.30. The minimum Gasteiger partial charge on any atom is -0.508 e. The molecular formula is C24H27F3N2O3S. The molecule has 0 aromatic heterocycles. The van der Waals surface area contributed by atoms with Gasteiger partial charge in [0, 0.05) is 24.0 Å². The van der Waals surface area contributed by atoms with Gasteiger partial charge in [0.05, 0.1) is 10.5 Å². The standard InChI is InChI=1S/C24H27F3N2O3S/c1-23-9-10-29(14-15-5-6-15)21(11-16-7-8-18(30)13-20(16)23)22(23)28-33(31,32)19-4-2-3-17(12-19)24(25,26)27/h2-4,7-8,12-13,15,21-22,28,30H,5-6,9-11,14H2,1H3/t21-,22+,23+/m1/s1. The zero-order valence-corrected chi connectivity index (χ0v) is 19.1. The molecule has 2 bridgehead atoms. The summed E-state index contributed by atoms with van der Waals surface area (Å²) in [6.07, 6.45) is -0.982. The molecule has 33 heavy (non-hydrogen) atoms. The molecule has 5 rings (SSSR count). The van der Waals surface area contributed by atoms with Crippen LogP contribution in [0.1, 0.15) is 42.9 Å². The molecule has 1 saturated carbocycles. The highest BCUT2D eigenvalue weighted by Gasteiger charge is 2.52. The largest absolute Gasteiger partial charge is 0.508 e. The second-order valence-electron chi connectivity index (χ2n) is 9.84. The summed E-state index contributed by atoms with van der Waals surface area (Å²) < 4.78 is 69.1. The molecule has 9 heteroatoms. The van der Waals surface area contributed by atoms with Crippen molar-refractivity contribution in [2.75, 3.05) is 13.1 Å². The van der Waals surface area contributed by atoms with E-state index in [0.29, 0.717) is 24.8 Å². The molecule has 1 aliphatic heterocycles. The van der Waals surface area contributed by atoms with E-state index in [1.165, 1.54) is 18.9 Å². The number of phenols is 1. The first kappa shape index (κ1) is 22.7. The van der Waals surface area contributed by atoms with E-state index in [1.54, 1.807) is 12.1 Å². The maximum absolute atomic E-state index is 13.3. The second kappa shape index (κ2) is 7.71. The third-order valence-electron chi connectivity index (χ3n) is 7.54. The first-order valence-corrected chi connectivity index (χ1v) is 12.7.